The summed E-state index contributed by atoms with van der Waals surface area (Å²) in [5.74, 6) is 0.765. The van der Waals surface area contributed by atoms with Crippen LogP contribution in [0.25, 0.3) is 0 Å². The van der Waals surface area contributed by atoms with Gasteiger partial charge in [-0.1, -0.05) is 35.9 Å². The summed E-state index contributed by atoms with van der Waals surface area (Å²) in [5.41, 5.74) is 2.97. The molecular formula is C16H17ClO2. The second kappa shape index (κ2) is 6.09. The Balaban J connectivity index is 2.02. The lowest BCUT2D eigenvalue weighted by Crippen LogP contribution is -1.97. The van der Waals surface area contributed by atoms with Crippen molar-refractivity contribution in [3.8, 4) is 5.75 Å². The van der Waals surface area contributed by atoms with Crippen LogP contribution in [0.3, 0.4) is 0 Å². The van der Waals surface area contributed by atoms with Crippen molar-refractivity contribution in [2.24, 2.45) is 0 Å². The first-order valence-electron chi connectivity index (χ1n) is 6.22. The molecule has 19 heavy (non-hydrogen) atoms. The fourth-order valence-electron chi connectivity index (χ4n) is 1.77. The third-order valence-electron chi connectivity index (χ3n) is 2.97. The van der Waals surface area contributed by atoms with Crippen LogP contribution in [0.2, 0.25) is 5.02 Å². The molecule has 3 heteroatoms. The molecule has 0 aliphatic heterocycles. The number of aliphatic hydroxyl groups is 1. The van der Waals surface area contributed by atoms with Gasteiger partial charge < -0.3 is 9.84 Å². The van der Waals surface area contributed by atoms with Crippen LogP contribution >= 0.6 is 11.6 Å². The quantitative estimate of drug-likeness (QED) is 0.903. The molecule has 0 aromatic heterocycles. The van der Waals surface area contributed by atoms with Gasteiger partial charge in [-0.3, -0.25) is 0 Å². The maximum atomic E-state index is 9.43. The van der Waals surface area contributed by atoms with E-state index >= 15 is 0 Å². The van der Waals surface area contributed by atoms with Gasteiger partial charge in [0.25, 0.3) is 0 Å². The Kier molecular flexibility index (Phi) is 4.46. The molecule has 0 heterocycles. The summed E-state index contributed by atoms with van der Waals surface area (Å²) in [7, 11) is 0. The number of aliphatic hydroxyl groups excluding tert-OH is 1. The molecule has 0 amide bonds. The fourth-order valence-corrected chi connectivity index (χ4v) is 2.06. The van der Waals surface area contributed by atoms with Crippen LogP contribution in [0, 0.1) is 6.92 Å². The highest BCUT2D eigenvalue weighted by atomic mass is 35.5. The van der Waals surface area contributed by atoms with Gasteiger partial charge in [0.15, 0.2) is 0 Å². The minimum absolute atomic E-state index is 0.438. The summed E-state index contributed by atoms with van der Waals surface area (Å²) in [6.45, 7) is 4.18. The number of halogens is 1. The van der Waals surface area contributed by atoms with E-state index < -0.39 is 6.10 Å². The first-order valence-corrected chi connectivity index (χ1v) is 6.60. The zero-order valence-electron chi connectivity index (χ0n) is 11.1. The van der Waals surface area contributed by atoms with E-state index in [1.54, 1.807) is 6.92 Å². The standard InChI is InChI=1S/C16H17ClO2/c1-11-3-4-14(16(17)9-11)10-19-15-7-5-13(6-8-15)12(2)18/h3-9,12,18H,10H2,1-2H3/t12-/m0/s1. The molecule has 1 N–H and O–H groups in total. The van der Waals surface area contributed by atoms with Crippen molar-refractivity contribution in [3.63, 3.8) is 0 Å². The highest BCUT2D eigenvalue weighted by Crippen LogP contribution is 2.21. The fraction of sp³-hybridized carbons (Fsp3) is 0.250. The van der Waals surface area contributed by atoms with E-state index in [0.717, 1.165) is 27.5 Å². The van der Waals surface area contributed by atoms with Crippen LogP contribution in [0.4, 0.5) is 0 Å². The first-order chi connectivity index (χ1) is 9.06. The van der Waals surface area contributed by atoms with E-state index in [0.29, 0.717) is 6.61 Å². The monoisotopic (exact) mass is 276 g/mol. The Morgan fingerprint density at radius 2 is 1.84 bits per heavy atom. The minimum atomic E-state index is -0.458. The predicted octanol–water partition coefficient (Wildman–Crippen LogP) is 4.28. The Morgan fingerprint density at radius 3 is 2.42 bits per heavy atom. The average molecular weight is 277 g/mol. The van der Waals surface area contributed by atoms with E-state index in [2.05, 4.69) is 0 Å². The van der Waals surface area contributed by atoms with Gasteiger partial charge in [-0.25, -0.2) is 0 Å². The van der Waals surface area contributed by atoms with Crippen LogP contribution in [-0.2, 0) is 6.61 Å². The van der Waals surface area contributed by atoms with E-state index in [1.807, 2.05) is 49.4 Å². The summed E-state index contributed by atoms with van der Waals surface area (Å²) in [6, 6.07) is 13.3. The average Bonchev–Trinajstić information content (AvgIpc) is 2.38. The molecule has 100 valence electrons. The van der Waals surface area contributed by atoms with Gasteiger partial charge in [-0.05, 0) is 43.2 Å². The topological polar surface area (TPSA) is 29.5 Å². The largest absolute Gasteiger partial charge is 0.489 e. The molecule has 0 spiro atoms. The summed E-state index contributed by atoms with van der Waals surface area (Å²) < 4.78 is 5.68. The van der Waals surface area contributed by atoms with Crippen molar-refractivity contribution in [1.29, 1.82) is 0 Å². The smallest absolute Gasteiger partial charge is 0.119 e. The van der Waals surface area contributed by atoms with Crippen molar-refractivity contribution < 1.29 is 9.84 Å². The molecule has 0 unspecified atom stereocenters. The van der Waals surface area contributed by atoms with Crippen LogP contribution in [-0.4, -0.2) is 5.11 Å². The lowest BCUT2D eigenvalue weighted by Gasteiger charge is -2.10. The highest BCUT2D eigenvalue weighted by molar-refractivity contribution is 6.31. The van der Waals surface area contributed by atoms with Gasteiger partial charge in [0.1, 0.15) is 12.4 Å². The number of rotatable bonds is 4. The zero-order valence-corrected chi connectivity index (χ0v) is 11.8. The number of hydrogen-bond acceptors (Lipinski definition) is 2. The molecule has 0 aliphatic rings. The molecule has 2 aromatic rings. The van der Waals surface area contributed by atoms with Crippen molar-refractivity contribution in [3.05, 3.63) is 64.2 Å². The van der Waals surface area contributed by atoms with Crippen LogP contribution in [0.5, 0.6) is 5.75 Å². The molecule has 2 aromatic carbocycles. The van der Waals surface area contributed by atoms with Crippen molar-refractivity contribution in [2.45, 2.75) is 26.6 Å². The second-order valence-electron chi connectivity index (χ2n) is 4.63. The Hall–Kier alpha value is -1.51. The van der Waals surface area contributed by atoms with E-state index in [1.165, 1.54) is 0 Å². The maximum absolute atomic E-state index is 9.43. The molecule has 0 aliphatic carbocycles. The molecule has 0 fully saturated rings. The van der Waals surface area contributed by atoms with Crippen LogP contribution in [0.15, 0.2) is 42.5 Å². The number of benzene rings is 2. The SMILES string of the molecule is Cc1ccc(COc2ccc([C@H](C)O)cc2)c(Cl)c1. The number of aryl methyl sites for hydroxylation is 1. The minimum Gasteiger partial charge on any atom is -0.489 e. The molecule has 2 rings (SSSR count). The van der Waals surface area contributed by atoms with Gasteiger partial charge in [-0.15, -0.1) is 0 Å². The molecule has 0 bridgehead atoms. The third kappa shape index (κ3) is 3.72. The summed E-state index contributed by atoms with van der Waals surface area (Å²) in [4.78, 5) is 0. The van der Waals surface area contributed by atoms with Gasteiger partial charge in [0.2, 0.25) is 0 Å². The summed E-state index contributed by atoms with van der Waals surface area (Å²) in [5, 5.41) is 10.1. The highest BCUT2D eigenvalue weighted by Gasteiger charge is 2.03. The molecule has 0 saturated heterocycles. The second-order valence-corrected chi connectivity index (χ2v) is 5.04. The van der Waals surface area contributed by atoms with E-state index in [4.69, 9.17) is 16.3 Å². The van der Waals surface area contributed by atoms with Gasteiger partial charge in [0, 0.05) is 10.6 Å². The normalized spacial score (nSPS) is 12.2. The third-order valence-corrected chi connectivity index (χ3v) is 3.32. The van der Waals surface area contributed by atoms with Crippen molar-refractivity contribution in [2.75, 3.05) is 0 Å². The lowest BCUT2D eigenvalue weighted by molar-refractivity contribution is 0.199. The maximum Gasteiger partial charge on any atom is 0.119 e. The Labute approximate surface area is 118 Å². The van der Waals surface area contributed by atoms with Crippen LogP contribution in [0.1, 0.15) is 29.7 Å². The van der Waals surface area contributed by atoms with E-state index in [9.17, 15) is 5.11 Å². The molecule has 0 saturated carbocycles. The van der Waals surface area contributed by atoms with E-state index in [-0.39, 0.29) is 0 Å². The Bertz CT molecular complexity index is 547. The van der Waals surface area contributed by atoms with Crippen molar-refractivity contribution in [1.82, 2.24) is 0 Å². The van der Waals surface area contributed by atoms with Gasteiger partial charge >= 0.3 is 0 Å². The number of hydrogen-bond donors (Lipinski definition) is 1. The van der Waals surface area contributed by atoms with Crippen molar-refractivity contribution >= 4 is 11.6 Å². The molecule has 0 radical (unpaired) electrons. The summed E-state index contributed by atoms with van der Waals surface area (Å²) >= 11 is 6.15. The Morgan fingerprint density at radius 1 is 1.16 bits per heavy atom. The number of ether oxygens (including phenoxy) is 1. The van der Waals surface area contributed by atoms with Gasteiger partial charge in [-0.2, -0.15) is 0 Å². The molecular weight excluding hydrogens is 260 g/mol. The first kappa shape index (κ1) is 13.9. The summed E-state index contributed by atoms with van der Waals surface area (Å²) in [6.07, 6.45) is -0.458. The predicted molar refractivity (Wildman–Crippen MR) is 77.6 cm³/mol. The zero-order chi connectivity index (χ0) is 13.8. The lowest BCUT2D eigenvalue weighted by atomic mass is 10.1. The van der Waals surface area contributed by atoms with Gasteiger partial charge in [0.05, 0.1) is 6.10 Å². The van der Waals surface area contributed by atoms with Crippen LogP contribution < -0.4 is 4.74 Å². The molecule has 1 atom stereocenters. The molecule has 2 nitrogen and oxygen atoms in total.